The van der Waals surface area contributed by atoms with E-state index in [4.69, 9.17) is 0 Å². The number of hydrogen-bond donors (Lipinski definition) is 1. The van der Waals surface area contributed by atoms with Crippen LogP contribution >= 0.6 is 11.8 Å². The van der Waals surface area contributed by atoms with Gasteiger partial charge in [-0.15, -0.1) is 0 Å². The molecule has 2 fully saturated rings. The molecular weight excluding hydrogens is 232 g/mol. The molecule has 1 saturated carbocycles. The zero-order valence-corrected chi connectivity index (χ0v) is 12.0. The van der Waals surface area contributed by atoms with E-state index in [2.05, 4.69) is 30.3 Å². The molecule has 1 aliphatic heterocycles. The predicted octanol–water partition coefficient (Wildman–Crippen LogP) is 2.08. The lowest BCUT2D eigenvalue weighted by atomic mass is 10.0. The summed E-state index contributed by atoms with van der Waals surface area (Å²) in [6.07, 6.45) is 7.62. The molecule has 0 radical (unpaired) electrons. The van der Waals surface area contributed by atoms with Crippen molar-refractivity contribution in [3.8, 4) is 0 Å². The highest BCUT2D eigenvalue weighted by Crippen LogP contribution is 2.41. The Labute approximate surface area is 109 Å². The Balaban J connectivity index is 2.07. The maximum absolute atomic E-state index is 12.0. The van der Waals surface area contributed by atoms with E-state index in [-0.39, 0.29) is 12.1 Å². The molecule has 1 heterocycles. The van der Waals surface area contributed by atoms with Crippen molar-refractivity contribution in [2.24, 2.45) is 5.92 Å². The summed E-state index contributed by atoms with van der Waals surface area (Å²) in [4.78, 5) is 14.1. The number of rotatable bonds is 4. The number of nitrogens with one attached hydrogen (secondary N) is 1. The first-order valence-electron chi connectivity index (χ1n) is 6.66. The molecular formula is C13H24N2OS. The Morgan fingerprint density at radius 1 is 1.47 bits per heavy atom. The van der Waals surface area contributed by atoms with E-state index in [1.54, 1.807) is 0 Å². The highest BCUT2D eigenvalue weighted by molar-refractivity contribution is 8.00. The van der Waals surface area contributed by atoms with Gasteiger partial charge < -0.3 is 4.90 Å². The van der Waals surface area contributed by atoms with Crippen LogP contribution in [0.5, 0.6) is 0 Å². The third kappa shape index (κ3) is 2.63. The van der Waals surface area contributed by atoms with Gasteiger partial charge in [-0.2, -0.15) is 11.8 Å². The molecule has 1 unspecified atom stereocenters. The van der Waals surface area contributed by atoms with E-state index in [0.29, 0.717) is 17.2 Å². The summed E-state index contributed by atoms with van der Waals surface area (Å²) in [5.74, 6) is 0.769. The monoisotopic (exact) mass is 256 g/mol. The average molecular weight is 256 g/mol. The van der Waals surface area contributed by atoms with Crippen LogP contribution in [-0.4, -0.2) is 41.1 Å². The molecule has 0 aromatic carbocycles. The van der Waals surface area contributed by atoms with Crippen LogP contribution in [-0.2, 0) is 4.79 Å². The van der Waals surface area contributed by atoms with Crippen molar-refractivity contribution >= 4 is 17.7 Å². The van der Waals surface area contributed by atoms with E-state index in [0.717, 1.165) is 6.54 Å². The van der Waals surface area contributed by atoms with E-state index in [1.807, 2.05) is 11.8 Å². The standard InChI is InChI=1S/C13H24N2OS/c1-10(2)12-14-8-11(16)15(12)9-13(17-3)6-4-5-7-13/h10,12,14H,4-9H2,1-3H3. The summed E-state index contributed by atoms with van der Waals surface area (Å²) in [6.45, 7) is 5.82. The number of amides is 1. The number of thioether (sulfide) groups is 1. The lowest BCUT2D eigenvalue weighted by Crippen LogP contribution is -2.47. The topological polar surface area (TPSA) is 32.3 Å². The molecule has 1 saturated heterocycles. The quantitative estimate of drug-likeness (QED) is 0.836. The predicted molar refractivity (Wildman–Crippen MR) is 73.1 cm³/mol. The molecule has 98 valence electrons. The Kier molecular flexibility index (Phi) is 4.03. The van der Waals surface area contributed by atoms with Crippen LogP contribution in [0.25, 0.3) is 0 Å². The van der Waals surface area contributed by atoms with Crippen molar-refractivity contribution < 1.29 is 4.79 Å². The zero-order valence-electron chi connectivity index (χ0n) is 11.2. The van der Waals surface area contributed by atoms with Crippen molar-refractivity contribution in [2.75, 3.05) is 19.3 Å². The SMILES string of the molecule is CSC1(CN2C(=O)CNC2C(C)C)CCCC1. The van der Waals surface area contributed by atoms with Gasteiger partial charge in [-0.3, -0.25) is 10.1 Å². The first-order chi connectivity index (χ1) is 8.08. The van der Waals surface area contributed by atoms with E-state index in [9.17, 15) is 4.79 Å². The van der Waals surface area contributed by atoms with E-state index < -0.39 is 0 Å². The summed E-state index contributed by atoms with van der Waals surface area (Å²) in [7, 11) is 0. The van der Waals surface area contributed by atoms with Crippen LogP contribution in [0.2, 0.25) is 0 Å². The molecule has 1 atom stereocenters. The van der Waals surface area contributed by atoms with Gasteiger partial charge >= 0.3 is 0 Å². The summed E-state index contributed by atoms with van der Waals surface area (Å²) < 4.78 is 0.328. The summed E-state index contributed by atoms with van der Waals surface area (Å²) in [5.41, 5.74) is 0. The van der Waals surface area contributed by atoms with E-state index in [1.165, 1.54) is 25.7 Å². The Bertz CT molecular complexity index is 287. The highest BCUT2D eigenvalue weighted by Gasteiger charge is 2.41. The minimum absolute atomic E-state index is 0.243. The number of carbonyl (C=O) groups excluding carboxylic acids is 1. The number of nitrogens with zero attached hydrogens (tertiary/aromatic N) is 1. The first kappa shape index (κ1) is 13.2. The molecule has 1 aliphatic carbocycles. The maximum atomic E-state index is 12.0. The fourth-order valence-corrected chi connectivity index (χ4v) is 4.06. The molecule has 0 aromatic heterocycles. The van der Waals surface area contributed by atoms with Gasteiger partial charge in [0, 0.05) is 11.3 Å². The van der Waals surface area contributed by atoms with Crippen LogP contribution in [0, 0.1) is 5.92 Å². The minimum atomic E-state index is 0.243. The van der Waals surface area contributed by atoms with Gasteiger partial charge in [0.05, 0.1) is 12.7 Å². The second kappa shape index (κ2) is 5.19. The number of carbonyl (C=O) groups is 1. The first-order valence-corrected chi connectivity index (χ1v) is 7.88. The molecule has 2 rings (SSSR count). The molecule has 0 aromatic rings. The summed E-state index contributed by atoms with van der Waals surface area (Å²) in [6, 6.07) is 0. The Hall–Kier alpha value is -0.220. The maximum Gasteiger partial charge on any atom is 0.237 e. The molecule has 2 aliphatic rings. The third-order valence-corrected chi connectivity index (χ3v) is 5.56. The summed E-state index contributed by atoms with van der Waals surface area (Å²) in [5, 5.41) is 3.34. The van der Waals surface area contributed by atoms with Gasteiger partial charge in [0.15, 0.2) is 0 Å². The second-order valence-corrected chi connectivity index (χ2v) is 6.96. The van der Waals surface area contributed by atoms with Crippen molar-refractivity contribution in [1.29, 1.82) is 0 Å². The van der Waals surface area contributed by atoms with Crippen LogP contribution in [0.1, 0.15) is 39.5 Å². The van der Waals surface area contributed by atoms with Crippen molar-refractivity contribution in [3.05, 3.63) is 0 Å². The molecule has 0 spiro atoms. The highest BCUT2D eigenvalue weighted by atomic mass is 32.2. The lowest BCUT2D eigenvalue weighted by Gasteiger charge is -2.36. The van der Waals surface area contributed by atoms with Gasteiger partial charge in [0.2, 0.25) is 5.91 Å². The fourth-order valence-electron chi connectivity index (χ4n) is 3.10. The smallest absolute Gasteiger partial charge is 0.237 e. The van der Waals surface area contributed by atoms with Crippen LogP contribution in [0.15, 0.2) is 0 Å². The van der Waals surface area contributed by atoms with Gasteiger partial charge in [0.1, 0.15) is 0 Å². The van der Waals surface area contributed by atoms with Gasteiger partial charge in [0.25, 0.3) is 0 Å². The van der Waals surface area contributed by atoms with Gasteiger partial charge in [-0.25, -0.2) is 0 Å². The van der Waals surface area contributed by atoms with Gasteiger partial charge in [-0.05, 0) is 25.0 Å². The zero-order chi connectivity index (χ0) is 12.5. The Morgan fingerprint density at radius 2 is 2.12 bits per heavy atom. The second-order valence-electron chi connectivity index (χ2n) is 5.69. The largest absolute Gasteiger partial charge is 0.324 e. The molecule has 0 bridgehead atoms. The normalized spacial score (nSPS) is 28.4. The van der Waals surface area contributed by atoms with Crippen LogP contribution in [0.3, 0.4) is 0 Å². The Morgan fingerprint density at radius 3 is 2.65 bits per heavy atom. The molecule has 3 nitrogen and oxygen atoms in total. The third-order valence-electron chi connectivity index (χ3n) is 4.16. The average Bonchev–Trinajstić information content (AvgIpc) is 2.89. The van der Waals surface area contributed by atoms with Crippen LogP contribution < -0.4 is 5.32 Å². The molecule has 1 amide bonds. The molecule has 1 N–H and O–H groups in total. The minimum Gasteiger partial charge on any atom is -0.324 e. The number of hydrogen-bond acceptors (Lipinski definition) is 3. The van der Waals surface area contributed by atoms with Crippen molar-refractivity contribution in [1.82, 2.24) is 10.2 Å². The van der Waals surface area contributed by atoms with Crippen molar-refractivity contribution in [3.63, 3.8) is 0 Å². The van der Waals surface area contributed by atoms with Crippen molar-refractivity contribution in [2.45, 2.75) is 50.4 Å². The molecule has 4 heteroatoms. The lowest BCUT2D eigenvalue weighted by molar-refractivity contribution is -0.128. The molecule has 17 heavy (non-hydrogen) atoms. The summed E-state index contributed by atoms with van der Waals surface area (Å²) >= 11 is 1.96. The van der Waals surface area contributed by atoms with Crippen LogP contribution in [0.4, 0.5) is 0 Å². The fraction of sp³-hybridized carbons (Fsp3) is 0.923. The van der Waals surface area contributed by atoms with E-state index >= 15 is 0 Å². The van der Waals surface area contributed by atoms with Gasteiger partial charge in [-0.1, -0.05) is 26.7 Å².